The molecule has 0 saturated heterocycles. The summed E-state index contributed by atoms with van der Waals surface area (Å²) >= 11 is 0. The molecule has 1 fully saturated rings. The van der Waals surface area contributed by atoms with Crippen LogP contribution in [0.3, 0.4) is 0 Å². The van der Waals surface area contributed by atoms with Crippen LogP contribution in [0.25, 0.3) is 66.1 Å². The average Bonchev–Trinajstić information content (AvgIpc) is 3.89. The monoisotopic (exact) mass is 824 g/mol. The Bertz CT molecular complexity index is 3300. The van der Waals surface area contributed by atoms with Crippen molar-refractivity contribution in [1.29, 1.82) is 0 Å². The summed E-state index contributed by atoms with van der Waals surface area (Å²) in [6.07, 6.45) is 6.43. The summed E-state index contributed by atoms with van der Waals surface area (Å²) in [5, 5.41) is 10.7. The molecular weight excluding hydrogens is 777 g/mol. The minimum Gasteiger partial charge on any atom is -0.309 e. The number of nitrogens with zero attached hydrogens (tertiary/aromatic N) is 2. The Morgan fingerprint density at radius 1 is 0.333 bits per heavy atom. The molecule has 11 aromatic rings. The van der Waals surface area contributed by atoms with Crippen molar-refractivity contribution in [3.05, 3.63) is 230 Å². The van der Waals surface area contributed by atoms with Crippen molar-refractivity contribution in [1.82, 2.24) is 9.13 Å². The van der Waals surface area contributed by atoms with Crippen LogP contribution in [0.5, 0.6) is 0 Å². The second-order valence-electron chi connectivity index (χ2n) is 17.5. The maximum Gasteiger partial charge on any atom is 0.179 e. The highest BCUT2D eigenvalue weighted by atomic mass is 28.3. The molecule has 0 N–H and O–H groups in total. The van der Waals surface area contributed by atoms with E-state index in [2.05, 4.69) is 234 Å². The smallest absolute Gasteiger partial charge is 0.179 e. The molecule has 2 heterocycles. The number of benzene rings is 9. The highest BCUT2D eigenvalue weighted by Gasteiger charge is 2.41. The Morgan fingerprint density at radius 2 is 0.810 bits per heavy atom. The van der Waals surface area contributed by atoms with Crippen LogP contribution in [-0.2, 0) is 0 Å². The summed E-state index contributed by atoms with van der Waals surface area (Å²) in [6.45, 7) is 0. The second-order valence-corrected chi connectivity index (χ2v) is 21.3. The molecule has 0 radical (unpaired) electrons. The molecule has 0 atom stereocenters. The summed E-state index contributed by atoms with van der Waals surface area (Å²) in [5.74, 6) is 0.552. The van der Waals surface area contributed by atoms with Gasteiger partial charge < -0.3 is 9.13 Å². The lowest BCUT2D eigenvalue weighted by Gasteiger charge is -2.34. The van der Waals surface area contributed by atoms with E-state index in [1.54, 1.807) is 0 Å². The Hall–Kier alpha value is -7.20. The largest absolute Gasteiger partial charge is 0.309 e. The van der Waals surface area contributed by atoms with E-state index in [0.717, 1.165) is 0 Å². The van der Waals surface area contributed by atoms with E-state index < -0.39 is 8.07 Å². The first-order valence-electron chi connectivity index (χ1n) is 22.7. The van der Waals surface area contributed by atoms with Gasteiger partial charge in [0.25, 0.3) is 0 Å². The van der Waals surface area contributed by atoms with Gasteiger partial charge in [0.2, 0.25) is 0 Å². The molecule has 0 amide bonds. The summed E-state index contributed by atoms with van der Waals surface area (Å²) in [7, 11) is -2.77. The van der Waals surface area contributed by atoms with E-state index >= 15 is 0 Å². The van der Waals surface area contributed by atoms with Crippen LogP contribution in [-0.4, -0.2) is 17.2 Å². The molecule has 1 aliphatic rings. The van der Waals surface area contributed by atoms with Crippen molar-refractivity contribution < 1.29 is 0 Å². The van der Waals surface area contributed by atoms with Gasteiger partial charge in [-0.15, -0.1) is 0 Å². The average molecular weight is 825 g/mol. The molecule has 0 unspecified atom stereocenters. The molecule has 0 spiro atoms. The van der Waals surface area contributed by atoms with Gasteiger partial charge in [0.15, 0.2) is 8.07 Å². The maximum atomic E-state index is 2.59. The lowest BCUT2D eigenvalue weighted by Crippen LogP contribution is -2.74. The molecule has 2 nitrogen and oxygen atoms in total. The van der Waals surface area contributed by atoms with Gasteiger partial charge in [-0.25, -0.2) is 0 Å². The summed E-state index contributed by atoms with van der Waals surface area (Å²) < 4.78 is 5.05. The molecule has 12 rings (SSSR count). The molecule has 63 heavy (non-hydrogen) atoms. The lowest BCUT2D eigenvalue weighted by molar-refractivity contribution is 0.445. The predicted octanol–water partition coefficient (Wildman–Crippen LogP) is 13.0. The first-order chi connectivity index (χ1) is 31.3. The van der Waals surface area contributed by atoms with E-state index in [1.165, 1.54) is 125 Å². The third kappa shape index (κ3) is 6.13. The Morgan fingerprint density at radius 3 is 1.43 bits per heavy atom. The fourth-order valence-corrected chi connectivity index (χ4v) is 15.9. The Balaban J connectivity index is 1.07. The zero-order chi connectivity index (χ0) is 41.7. The second kappa shape index (κ2) is 15.6. The van der Waals surface area contributed by atoms with Gasteiger partial charge in [-0.05, 0) is 98.7 Å². The summed E-state index contributed by atoms with van der Waals surface area (Å²) in [5.41, 5.74) is 11.4. The van der Waals surface area contributed by atoms with Gasteiger partial charge in [-0.3, -0.25) is 0 Å². The standard InChI is InChI=1S/C60H48N2Si/c1-5-18-43(19-6-1)44-32-37-50(38-33-44)63(48-22-9-3-10-23-48,49-24-11-4-12-25-49)51-39-34-46(35-40-51)62-59-41-36-47(61-57-30-15-13-26-53(57)54-27-14-16-31-58(54)61)42-56(59)55-29-17-28-52(60(55)62)45-20-7-2-8-21-45/h1,3-6,9-19,22-42,45H,2,7-8,20-21H2. The molecule has 1 saturated carbocycles. The molecule has 0 bridgehead atoms. The number of hydrogen-bond donors (Lipinski definition) is 0. The molecular formula is C60H48N2Si. The first kappa shape index (κ1) is 37.5. The minimum atomic E-state index is -2.77. The van der Waals surface area contributed by atoms with Crippen LogP contribution in [0, 0.1) is 0 Å². The quantitative estimate of drug-likeness (QED) is 0.107. The predicted molar refractivity (Wildman–Crippen MR) is 270 cm³/mol. The molecule has 9 aromatic carbocycles. The third-order valence-corrected chi connectivity index (χ3v) is 18.9. The van der Waals surface area contributed by atoms with Crippen molar-refractivity contribution in [2.75, 3.05) is 0 Å². The highest BCUT2D eigenvalue weighted by molar-refractivity contribution is 7.19. The van der Waals surface area contributed by atoms with Gasteiger partial charge in [0, 0.05) is 32.9 Å². The van der Waals surface area contributed by atoms with Crippen LogP contribution in [0.2, 0.25) is 0 Å². The van der Waals surface area contributed by atoms with E-state index in [4.69, 9.17) is 0 Å². The van der Waals surface area contributed by atoms with Gasteiger partial charge in [0.1, 0.15) is 0 Å². The topological polar surface area (TPSA) is 9.86 Å². The van der Waals surface area contributed by atoms with E-state index in [1.807, 2.05) is 0 Å². The van der Waals surface area contributed by atoms with Gasteiger partial charge in [-0.1, -0.05) is 201 Å². The fourth-order valence-electron chi connectivity index (χ4n) is 11.2. The van der Waals surface area contributed by atoms with Crippen LogP contribution in [0.1, 0.15) is 43.6 Å². The van der Waals surface area contributed by atoms with Crippen LogP contribution < -0.4 is 20.7 Å². The summed E-state index contributed by atoms with van der Waals surface area (Å²) in [4.78, 5) is 0. The maximum absolute atomic E-state index is 2.77. The fraction of sp³-hybridized carbons (Fsp3) is 0.100. The first-order valence-corrected chi connectivity index (χ1v) is 24.7. The van der Waals surface area contributed by atoms with Crippen molar-refractivity contribution >= 4 is 72.4 Å². The van der Waals surface area contributed by atoms with Crippen molar-refractivity contribution in [2.24, 2.45) is 0 Å². The van der Waals surface area contributed by atoms with Crippen molar-refractivity contribution in [2.45, 2.75) is 38.0 Å². The number of fused-ring (bicyclic) bond motifs is 6. The molecule has 0 aliphatic heterocycles. The van der Waals surface area contributed by atoms with E-state index in [9.17, 15) is 0 Å². The minimum absolute atomic E-state index is 0.552. The zero-order valence-electron chi connectivity index (χ0n) is 35.4. The van der Waals surface area contributed by atoms with E-state index in [0.29, 0.717) is 5.92 Å². The van der Waals surface area contributed by atoms with Crippen LogP contribution in [0.4, 0.5) is 0 Å². The zero-order valence-corrected chi connectivity index (χ0v) is 36.4. The molecule has 302 valence electrons. The highest BCUT2D eigenvalue weighted by Crippen LogP contribution is 2.42. The Kier molecular flexibility index (Phi) is 9.30. The molecule has 1 aliphatic carbocycles. The van der Waals surface area contributed by atoms with Crippen molar-refractivity contribution in [3.63, 3.8) is 0 Å². The van der Waals surface area contributed by atoms with Crippen LogP contribution >= 0.6 is 0 Å². The summed E-state index contributed by atoms with van der Waals surface area (Å²) in [6, 6.07) is 84.5. The molecule has 2 aromatic heterocycles. The van der Waals surface area contributed by atoms with Gasteiger partial charge in [-0.2, -0.15) is 0 Å². The SMILES string of the molecule is c1ccc(-c2ccc([Si](c3ccccc3)(c3ccccc3)c3ccc(-n4c5ccc(-n6c7ccccc7c7ccccc76)cc5c5cccc(C6CCCCC6)c54)cc3)cc2)cc1. The normalized spacial score (nSPS) is 13.7. The van der Waals surface area contributed by atoms with E-state index in [-0.39, 0.29) is 0 Å². The number of hydrogen-bond acceptors (Lipinski definition) is 0. The van der Waals surface area contributed by atoms with Gasteiger partial charge >= 0.3 is 0 Å². The third-order valence-electron chi connectivity index (χ3n) is 14.1. The molecule has 3 heteroatoms. The Labute approximate surface area is 370 Å². The number of rotatable bonds is 8. The number of para-hydroxylation sites is 3. The lowest BCUT2D eigenvalue weighted by atomic mass is 9.83. The number of aromatic nitrogens is 2. The van der Waals surface area contributed by atoms with Crippen molar-refractivity contribution in [3.8, 4) is 22.5 Å². The van der Waals surface area contributed by atoms with Crippen LogP contribution in [0.15, 0.2) is 224 Å². The van der Waals surface area contributed by atoms with Gasteiger partial charge in [0.05, 0.1) is 22.1 Å².